The normalized spacial score (nSPS) is 11.0. The number of rotatable bonds is 7. The molecule has 3 N–H and O–H groups in total. The summed E-state index contributed by atoms with van der Waals surface area (Å²) in [6.45, 7) is 0.112. The minimum Gasteiger partial charge on any atom is -0.484 e. The summed E-state index contributed by atoms with van der Waals surface area (Å²) in [6, 6.07) is 10.5. The molecule has 2 rings (SSSR count). The van der Waals surface area contributed by atoms with Crippen LogP contribution in [0.4, 0.5) is 29.3 Å². The molecule has 2 aromatic carbocycles. The Morgan fingerprint density at radius 1 is 1.11 bits per heavy atom. The Morgan fingerprint density at radius 2 is 1.82 bits per heavy atom. The van der Waals surface area contributed by atoms with Gasteiger partial charge in [-0.3, -0.25) is 4.79 Å². The molecular formula is C19H19F3N2O4. The number of aliphatic carboxylic acids is 1. The van der Waals surface area contributed by atoms with Crippen molar-refractivity contribution in [3.63, 3.8) is 0 Å². The number of halogens is 3. The topological polar surface area (TPSA) is 87.7 Å². The van der Waals surface area contributed by atoms with E-state index in [4.69, 9.17) is 9.84 Å². The number of alkyl halides is 3. The van der Waals surface area contributed by atoms with Gasteiger partial charge in [-0.1, -0.05) is 18.2 Å². The number of hydrogen-bond acceptors (Lipinski definition) is 3. The van der Waals surface area contributed by atoms with Gasteiger partial charge in [0.05, 0.1) is 0 Å². The van der Waals surface area contributed by atoms with E-state index in [9.17, 15) is 22.8 Å². The molecule has 0 heterocycles. The fourth-order valence-corrected chi connectivity index (χ4v) is 2.41. The lowest BCUT2D eigenvalue weighted by Crippen LogP contribution is -2.21. The summed E-state index contributed by atoms with van der Waals surface area (Å²) in [7, 11) is 0. The van der Waals surface area contributed by atoms with Crippen LogP contribution < -0.4 is 15.4 Å². The molecule has 0 unspecified atom stereocenters. The summed E-state index contributed by atoms with van der Waals surface area (Å²) >= 11 is 0. The summed E-state index contributed by atoms with van der Waals surface area (Å²) in [5.41, 5.74) is 1.87. The zero-order valence-electron chi connectivity index (χ0n) is 15.0. The second-order valence-electron chi connectivity index (χ2n) is 6.01. The van der Waals surface area contributed by atoms with Crippen molar-refractivity contribution in [3.8, 4) is 5.75 Å². The number of urea groups is 1. The highest BCUT2D eigenvalue weighted by Crippen LogP contribution is 2.27. The average molecular weight is 396 g/mol. The molecule has 0 saturated carbocycles. The molecule has 0 aliphatic rings. The highest BCUT2D eigenvalue weighted by molar-refractivity contribution is 6.00. The standard InChI is InChI=1S/C19H19F3N2O4/c1-12-15(6-3-7-16(12)28-11-19(20,21)22)24-18(27)23-14-5-2-4-13(10-14)8-9-17(25)26/h2-7,10H,8-9,11H2,1H3,(H,25,26)(H2,23,24,27). The molecule has 0 aliphatic carbocycles. The molecule has 0 bridgehead atoms. The predicted octanol–water partition coefficient (Wildman–Crippen LogP) is 4.60. The Morgan fingerprint density at radius 3 is 2.50 bits per heavy atom. The minimum atomic E-state index is -4.46. The molecule has 0 fully saturated rings. The number of carboxylic acids is 1. The van der Waals surface area contributed by atoms with E-state index >= 15 is 0 Å². The van der Waals surface area contributed by atoms with E-state index in [1.165, 1.54) is 19.1 Å². The van der Waals surface area contributed by atoms with E-state index < -0.39 is 24.8 Å². The molecule has 6 nitrogen and oxygen atoms in total. The van der Waals surface area contributed by atoms with Gasteiger partial charge in [0, 0.05) is 23.4 Å². The first-order chi connectivity index (χ1) is 13.1. The largest absolute Gasteiger partial charge is 0.484 e. The minimum absolute atomic E-state index is 0.0193. The summed E-state index contributed by atoms with van der Waals surface area (Å²) in [6.07, 6.45) is -4.16. The monoisotopic (exact) mass is 396 g/mol. The van der Waals surface area contributed by atoms with Gasteiger partial charge in [0.15, 0.2) is 6.61 Å². The van der Waals surface area contributed by atoms with Crippen LogP contribution in [-0.2, 0) is 11.2 Å². The average Bonchev–Trinajstić information content (AvgIpc) is 2.60. The number of aryl methyl sites for hydroxylation is 1. The van der Waals surface area contributed by atoms with E-state index in [0.717, 1.165) is 5.56 Å². The van der Waals surface area contributed by atoms with Crippen molar-refractivity contribution in [3.05, 3.63) is 53.6 Å². The lowest BCUT2D eigenvalue weighted by atomic mass is 10.1. The molecule has 9 heteroatoms. The molecule has 2 amide bonds. The van der Waals surface area contributed by atoms with E-state index in [0.29, 0.717) is 23.4 Å². The number of carboxylic acid groups (broad SMARTS) is 1. The van der Waals surface area contributed by atoms with Crippen LogP contribution in [0, 0.1) is 6.92 Å². The van der Waals surface area contributed by atoms with Crippen LogP contribution in [0.15, 0.2) is 42.5 Å². The Bertz CT molecular complexity index is 853. The fourth-order valence-electron chi connectivity index (χ4n) is 2.41. The number of carbonyl (C=O) groups is 2. The third-order valence-corrected chi connectivity index (χ3v) is 3.74. The number of benzene rings is 2. The van der Waals surface area contributed by atoms with Gasteiger partial charge in [0.1, 0.15) is 5.75 Å². The lowest BCUT2D eigenvalue weighted by molar-refractivity contribution is -0.153. The molecule has 0 aromatic heterocycles. The van der Waals surface area contributed by atoms with Crippen molar-refractivity contribution in [2.75, 3.05) is 17.2 Å². The van der Waals surface area contributed by atoms with Gasteiger partial charge in [-0.15, -0.1) is 0 Å². The van der Waals surface area contributed by atoms with Gasteiger partial charge in [-0.05, 0) is 43.2 Å². The highest BCUT2D eigenvalue weighted by Gasteiger charge is 2.28. The van der Waals surface area contributed by atoms with Crippen molar-refractivity contribution < 1.29 is 32.6 Å². The maximum Gasteiger partial charge on any atom is 0.422 e. The zero-order valence-corrected chi connectivity index (χ0v) is 15.0. The Hall–Kier alpha value is -3.23. The van der Waals surface area contributed by atoms with E-state index in [-0.39, 0.29) is 12.2 Å². The van der Waals surface area contributed by atoms with Crippen LogP contribution in [0.2, 0.25) is 0 Å². The number of anilines is 2. The van der Waals surface area contributed by atoms with Crippen LogP contribution in [0.5, 0.6) is 5.75 Å². The van der Waals surface area contributed by atoms with Crippen molar-refractivity contribution >= 4 is 23.4 Å². The van der Waals surface area contributed by atoms with Crippen LogP contribution in [0.25, 0.3) is 0 Å². The molecule has 0 atom stereocenters. The SMILES string of the molecule is Cc1c(NC(=O)Nc2cccc(CCC(=O)O)c2)cccc1OCC(F)(F)F. The quantitative estimate of drug-likeness (QED) is 0.638. The summed E-state index contributed by atoms with van der Waals surface area (Å²) in [4.78, 5) is 22.8. The van der Waals surface area contributed by atoms with Crippen molar-refractivity contribution in [1.82, 2.24) is 0 Å². The summed E-state index contributed by atoms with van der Waals surface area (Å²) in [5.74, 6) is -0.898. The van der Waals surface area contributed by atoms with Gasteiger partial charge >= 0.3 is 18.2 Å². The smallest absolute Gasteiger partial charge is 0.422 e. The van der Waals surface area contributed by atoms with Crippen molar-refractivity contribution in [2.45, 2.75) is 25.9 Å². The summed E-state index contributed by atoms with van der Waals surface area (Å²) in [5, 5.41) is 13.9. The lowest BCUT2D eigenvalue weighted by Gasteiger charge is -2.15. The van der Waals surface area contributed by atoms with Crippen LogP contribution in [0.3, 0.4) is 0 Å². The number of ether oxygens (including phenoxy) is 1. The number of carbonyl (C=O) groups excluding carboxylic acids is 1. The Balaban J connectivity index is 2.01. The molecule has 0 radical (unpaired) electrons. The Kier molecular flexibility index (Phi) is 6.86. The maximum atomic E-state index is 12.3. The second kappa shape index (κ2) is 9.12. The number of nitrogens with one attached hydrogen (secondary N) is 2. The molecule has 0 saturated heterocycles. The Labute approximate surface area is 159 Å². The molecule has 2 aromatic rings. The zero-order chi connectivity index (χ0) is 20.7. The van der Waals surface area contributed by atoms with Gasteiger partial charge in [-0.25, -0.2) is 4.79 Å². The predicted molar refractivity (Wildman–Crippen MR) is 97.8 cm³/mol. The van der Waals surface area contributed by atoms with Crippen LogP contribution >= 0.6 is 0 Å². The van der Waals surface area contributed by atoms with E-state index in [2.05, 4.69) is 10.6 Å². The van der Waals surface area contributed by atoms with E-state index in [1.54, 1.807) is 30.3 Å². The summed E-state index contributed by atoms with van der Waals surface area (Å²) < 4.78 is 41.7. The maximum absolute atomic E-state index is 12.3. The molecule has 28 heavy (non-hydrogen) atoms. The van der Waals surface area contributed by atoms with Crippen molar-refractivity contribution in [2.24, 2.45) is 0 Å². The molecule has 0 spiro atoms. The first-order valence-corrected chi connectivity index (χ1v) is 8.32. The van der Waals surface area contributed by atoms with Crippen LogP contribution in [0.1, 0.15) is 17.5 Å². The van der Waals surface area contributed by atoms with Gasteiger partial charge in [0.2, 0.25) is 0 Å². The third-order valence-electron chi connectivity index (χ3n) is 3.74. The first kappa shape index (κ1) is 21.1. The third kappa shape index (κ3) is 6.82. The number of amides is 2. The van der Waals surface area contributed by atoms with Crippen molar-refractivity contribution in [1.29, 1.82) is 0 Å². The highest BCUT2D eigenvalue weighted by atomic mass is 19.4. The molecule has 150 valence electrons. The van der Waals surface area contributed by atoms with Gasteiger partial charge in [0.25, 0.3) is 0 Å². The van der Waals surface area contributed by atoms with Crippen LogP contribution in [-0.4, -0.2) is 29.9 Å². The van der Waals surface area contributed by atoms with E-state index in [1.807, 2.05) is 0 Å². The molecular weight excluding hydrogens is 377 g/mol. The van der Waals surface area contributed by atoms with Gasteiger partial charge in [-0.2, -0.15) is 13.2 Å². The fraction of sp³-hybridized carbons (Fsp3) is 0.263. The second-order valence-corrected chi connectivity index (χ2v) is 6.01. The first-order valence-electron chi connectivity index (χ1n) is 8.32. The molecule has 0 aliphatic heterocycles. The number of hydrogen-bond donors (Lipinski definition) is 3. The van der Waals surface area contributed by atoms with Gasteiger partial charge < -0.3 is 20.5 Å².